The number of hydrogen-bond donors (Lipinski definition) is 1. The molecule has 2 amide bonds. The van der Waals surface area contributed by atoms with Crippen LogP contribution in [-0.4, -0.2) is 34.8 Å². The molecule has 1 N–H and O–H groups in total. The highest BCUT2D eigenvalue weighted by molar-refractivity contribution is 6.01. The van der Waals surface area contributed by atoms with Gasteiger partial charge in [0.25, 0.3) is 0 Å². The Labute approximate surface area is 188 Å². The number of nitrogens with zero attached hydrogens (tertiary/aromatic N) is 2. The lowest BCUT2D eigenvalue weighted by molar-refractivity contribution is -0.136. The molecule has 1 saturated heterocycles. The number of carbonyl (C=O) groups is 2. The summed E-state index contributed by atoms with van der Waals surface area (Å²) in [5.41, 5.74) is 6.04. The second kappa shape index (κ2) is 8.58. The van der Waals surface area contributed by atoms with Gasteiger partial charge in [0.15, 0.2) is 0 Å². The molecule has 2 aromatic carbocycles. The zero-order valence-corrected chi connectivity index (χ0v) is 18.3. The van der Waals surface area contributed by atoms with Gasteiger partial charge in [-0.3, -0.25) is 14.6 Å². The highest BCUT2D eigenvalue weighted by Crippen LogP contribution is 2.36. The molecule has 2 unspecified atom stereocenters. The zero-order chi connectivity index (χ0) is 22.1. The minimum atomic E-state index is -0.413. The number of para-hydroxylation sites is 1. The monoisotopic (exact) mass is 425 g/mol. The summed E-state index contributed by atoms with van der Waals surface area (Å²) in [4.78, 5) is 32.5. The molecular weight excluding hydrogens is 398 g/mol. The van der Waals surface area contributed by atoms with E-state index in [2.05, 4.69) is 29.6 Å². The van der Waals surface area contributed by atoms with E-state index in [0.717, 1.165) is 47.6 Å². The van der Waals surface area contributed by atoms with Gasteiger partial charge in [0.1, 0.15) is 0 Å². The number of aryl methyl sites for hydroxylation is 1. The number of carbonyl (C=O) groups excluding carboxylic acids is 2. The highest BCUT2D eigenvalue weighted by Gasteiger charge is 2.35. The number of piperidine rings is 1. The Morgan fingerprint density at radius 2 is 1.81 bits per heavy atom. The van der Waals surface area contributed by atoms with E-state index < -0.39 is 5.92 Å². The molecule has 32 heavy (non-hydrogen) atoms. The van der Waals surface area contributed by atoms with Crippen molar-refractivity contribution in [1.29, 1.82) is 0 Å². The first-order valence-corrected chi connectivity index (χ1v) is 11.3. The van der Waals surface area contributed by atoms with Crippen molar-refractivity contribution in [1.82, 2.24) is 9.88 Å². The maximum Gasteiger partial charge on any atom is 0.230 e. The van der Waals surface area contributed by atoms with Crippen LogP contribution in [0.2, 0.25) is 0 Å². The van der Waals surface area contributed by atoms with Crippen LogP contribution in [0.5, 0.6) is 0 Å². The number of likely N-dealkylation sites (tertiary alicyclic amines) is 1. The van der Waals surface area contributed by atoms with Gasteiger partial charge < -0.3 is 10.2 Å². The molecule has 0 bridgehead atoms. The molecule has 5 heteroatoms. The minimum absolute atomic E-state index is 0.0490. The van der Waals surface area contributed by atoms with Crippen LogP contribution in [0.1, 0.15) is 48.0 Å². The zero-order valence-electron chi connectivity index (χ0n) is 18.3. The third kappa shape index (κ3) is 4.03. The standard InChI is InChI=1S/C27H27N3O2/c1-18-14-21(19-8-3-2-4-9-19)15-25(28-18)20-10-7-13-30(17-20)27(32)23-16-26(31)29-24-12-6-5-11-22(23)24/h2-6,8-9,11-12,14-15,20,23H,7,10,13,16-17H2,1H3,(H,29,31). The van der Waals surface area contributed by atoms with Gasteiger partial charge in [-0.2, -0.15) is 0 Å². The van der Waals surface area contributed by atoms with Gasteiger partial charge in [0, 0.05) is 42.5 Å². The quantitative estimate of drug-likeness (QED) is 0.650. The molecule has 2 aliphatic heterocycles. The number of anilines is 1. The summed E-state index contributed by atoms with van der Waals surface area (Å²) in [7, 11) is 0. The molecule has 5 nitrogen and oxygen atoms in total. The van der Waals surface area contributed by atoms with E-state index in [-0.39, 0.29) is 24.2 Å². The Bertz CT molecular complexity index is 1160. The van der Waals surface area contributed by atoms with Crippen molar-refractivity contribution >= 4 is 17.5 Å². The van der Waals surface area contributed by atoms with Crippen molar-refractivity contribution in [3.8, 4) is 11.1 Å². The van der Waals surface area contributed by atoms with Gasteiger partial charge in [-0.1, -0.05) is 48.5 Å². The van der Waals surface area contributed by atoms with Crippen LogP contribution in [-0.2, 0) is 9.59 Å². The minimum Gasteiger partial charge on any atom is -0.341 e. The molecule has 2 atom stereocenters. The Kier molecular flexibility index (Phi) is 5.48. The Morgan fingerprint density at radius 1 is 1.03 bits per heavy atom. The summed E-state index contributed by atoms with van der Waals surface area (Å²) in [5, 5.41) is 2.89. The van der Waals surface area contributed by atoms with E-state index in [1.54, 1.807) is 0 Å². The van der Waals surface area contributed by atoms with Crippen LogP contribution < -0.4 is 5.32 Å². The summed E-state index contributed by atoms with van der Waals surface area (Å²) in [6, 6.07) is 22.3. The Balaban J connectivity index is 1.39. The number of rotatable bonds is 3. The maximum absolute atomic E-state index is 13.5. The first-order valence-electron chi connectivity index (χ1n) is 11.3. The van der Waals surface area contributed by atoms with E-state index in [4.69, 9.17) is 4.98 Å². The number of pyridine rings is 1. The molecule has 1 fully saturated rings. The number of hydrogen-bond acceptors (Lipinski definition) is 3. The molecule has 3 heterocycles. The third-order valence-electron chi connectivity index (χ3n) is 6.53. The van der Waals surface area contributed by atoms with Gasteiger partial charge in [0.2, 0.25) is 11.8 Å². The van der Waals surface area contributed by atoms with E-state index in [1.165, 1.54) is 5.56 Å². The Morgan fingerprint density at radius 3 is 2.66 bits per heavy atom. The van der Waals surface area contributed by atoms with Crippen LogP contribution >= 0.6 is 0 Å². The number of aromatic nitrogens is 1. The predicted octanol–water partition coefficient (Wildman–Crippen LogP) is 4.89. The van der Waals surface area contributed by atoms with Crippen molar-refractivity contribution in [2.24, 2.45) is 0 Å². The molecule has 2 aliphatic rings. The second-order valence-corrected chi connectivity index (χ2v) is 8.80. The third-order valence-corrected chi connectivity index (χ3v) is 6.53. The number of nitrogens with one attached hydrogen (secondary N) is 1. The van der Waals surface area contributed by atoms with E-state index >= 15 is 0 Å². The van der Waals surface area contributed by atoms with Crippen LogP contribution in [0, 0.1) is 6.92 Å². The lowest BCUT2D eigenvalue weighted by atomic mass is 9.87. The molecule has 0 saturated carbocycles. The molecule has 0 radical (unpaired) electrons. The Hall–Kier alpha value is -3.47. The number of benzene rings is 2. The van der Waals surface area contributed by atoms with Crippen molar-refractivity contribution < 1.29 is 9.59 Å². The second-order valence-electron chi connectivity index (χ2n) is 8.80. The lowest BCUT2D eigenvalue weighted by Crippen LogP contribution is -2.43. The smallest absolute Gasteiger partial charge is 0.230 e. The van der Waals surface area contributed by atoms with Crippen molar-refractivity contribution in [3.63, 3.8) is 0 Å². The summed E-state index contributed by atoms with van der Waals surface area (Å²) in [5.74, 6) is -0.261. The van der Waals surface area contributed by atoms with Crippen molar-refractivity contribution in [3.05, 3.63) is 83.7 Å². The van der Waals surface area contributed by atoms with Gasteiger partial charge in [-0.05, 0) is 54.7 Å². The van der Waals surface area contributed by atoms with Crippen LogP contribution in [0.25, 0.3) is 11.1 Å². The average Bonchev–Trinajstić information content (AvgIpc) is 2.83. The van der Waals surface area contributed by atoms with E-state index in [0.29, 0.717) is 6.54 Å². The number of amides is 2. The van der Waals surface area contributed by atoms with Gasteiger partial charge >= 0.3 is 0 Å². The molecule has 0 aliphatic carbocycles. The van der Waals surface area contributed by atoms with Crippen molar-refractivity contribution in [2.75, 3.05) is 18.4 Å². The van der Waals surface area contributed by atoms with Crippen LogP contribution in [0.3, 0.4) is 0 Å². The van der Waals surface area contributed by atoms with E-state index in [1.807, 2.05) is 54.3 Å². The maximum atomic E-state index is 13.5. The molecule has 3 aromatic rings. The molecule has 162 valence electrons. The molecule has 0 spiro atoms. The highest BCUT2D eigenvalue weighted by atomic mass is 16.2. The van der Waals surface area contributed by atoms with Crippen LogP contribution in [0.4, 0.5) is 5.69 Å². The predicted molar refractivity (Wildman–Crippen MR) is 125 cm³/mol. The topological polar surface area (TPSA) is 62.3 Å². The largest absolute Gasteiger partial charge is 0.341 e. The molecule has 1 aromatic heterocycles. The van der Waals surface area contributed by atoms with Gasteiger partial charge in [0.05, 0.1) is 5.92 Å². The first kappa shape index (κ1) is 20.4. The average molecular weight is 426 g/mol. The van der Waals surface area contributed by atoms with Gasteiger partial charge in [-0.15, -0.1) is 0 Å². The summed E-state index contributed by atoms with van der Waals surface area (Å²) in [6.45, 7) is 3.40. The van der Waals surface area contributed by atoms with E-state index in [9.17, 15) is 9.59 Å². The summed E-state index contributed by atoms with van der Waals surface area (Å²) < 4.78 is 0. The normalized spacial score (nSPS) is 20.4. The first-order chi connectivity index (χ1) is 15.6. The van der Waals surface area contributed by atoms with Gasteiger partial charge in [-0.25, -0.2) is 0 Å². The van der Waals surface area contributed by atoms with Crippen LogP contribution in [0.15, 0.2) is 66.7 Å². The van der Waals surface area contributed by atoms with Crippen molar-refractivity contribution in [2.45, 2.75) is 38.0 Å². The fourth-order valence-electron chi connectivity index (χ4n) is 4.97. The molecule has 5 rings (SSSR count). The fourth-order valence-corrected chi connectivity index (χ4v) is 4.97. The molecular formula is C27H27N3O2. The fraction of sp³-hybridized carbons (Fsp3) is 0.296. The SMILES string of the molecule is Cc1cc(-c2ccccc2)cc(C2CCCN(C(=O)C3CC(=O)Nc4ccccc43)C2)n1. The summed E-state index contributed by atoms with van der Waals surface area (Å²) in [6.07, 6.45) is 2.15. The summed E-state index contributed by atoms with van der Waals surface area (Å²) >= 11 is 0. The number of fused-ring (bicyclic) bond motifs is 1. The lowest BCUT2D eigenvalue weighted by Gasteiger charge is -2.36.